The van der Waals surface area contributed by atoms with E-state index >= 15 is 0 Å². The van der Waals surface area contributed by atoms with Gasteiger partial charge < -0.3 is 46.8 Å². The van der Waals surface area contributed by atoms with E-state index in [1.807, 2.05) is 13.8 Å². The Balaban J connectivity index is 0.000000599. The zero-order valence-corrected chi connectivity index (χ0v) is 68.6. The average Bonchev–Trinajstić information content (AvgIpc) is 1.78. The zero-order chi connectivity index (χ0) is 80.7. The van der Waals surface area contributed by atoms with E-state index < -0.39 is 16.7 Å². The highest BCUT2D eigenvalue weighted by atomic mass is 32.2. The first-order chi connectivity index (χ1) is 50.6. The van der Waals surface area contributed by atoms with E-state index in [1.165, 1.54) is 75.5 Å². The lowest BCUT2D eigenvalue weighted by Gasteiger charge is -2.18. The summed E-state index contributed by atoms with van der Waals surface area (Å²) in [6.45, 7) is 16.1. The van der Waals surface area contributed by atoms with Gasteiger partial charge in [-0.2, -0.15) is 0 Å². The van der Waals surface area contributed by atoms with Gasteiger partial charge >= 0.3 is 0 Å². The van der Waals surface area contributed by atoms with Crippen LogP contribution in [0.25, 0.3) is 0 Å². The van der Waals surface area contributed by atoms with Crippen LogP contribution < -0.4 is 26.6 Å². The number of carbonyl (C=O) groups excluding carboxylic acids is 21. The van der Waals surface area contributed by atoms with Crippen LogP contribution in [0.15, 0.2) is 12.2 Å². The van der Waals surface area contributed by atoms with Gasteiger partial charge in [0.25, 0.3) is 16.0 Å². The molecular weight excluding hydrogens is 1590 g/mol. The Morgan fingerprint density at radius 3 is 1.14 bits per heavy atom. The number of thioether (sulfide) groups is 10. The molecule has 10 aliphatic heterocycles. The molecule has 10 heterocycles. The number of rotatable bonds is 20. The number of aliphatic hydroxyl groups is 3. The van der Waals surface area contributed by atoms with Crippen LogP contribution in [0.2, 0.25) is 0 Å². The molecule has 0 spiro atoms. The lowest BCUT2D eigenvalue weighted by Crippen LogP contribution is -2.36. The molecule has 0 radical (unpaired) electrons. The summed E-state index contributed by atoms with van der Waals surface area (Å²) >= 11 is 11.2. The van der Waals surface area contributed by atoms with E-state index in [2.05, 4.69) is 53.9 Å². The van der Waals surface area contributed by atoms with Crippen LogP contribution in [-0.4, -0.2) is 252 Å². The van der Waals surface area contributed by atoms with Gasteiger partial charge in [-0.05, 0) is 43.9 Å². The van der Waals surface area contributed by atoms with Gasteiger partial charge in [0.05, 0.1) is 66.6 Å². The van der Waals surface area contributed by atoms with E-state index in [0.717, 1.165) is 72.9 Å². The predicted molar refractivity (Wildman–Crippen MR) is 420 cm³/mol. The van der Waals surface area contributed by atoms with Gasteiger partial charge in [-0.3, -0.25) is 101 Å². The quantitative estimate of drug-likeness (QED) is 0.0376. The highest BCUT2D eigenvalue weighted by Gasteiger charge is 2.35. The third kappa shape index (κ3) is 44.6. The van der Waals surface area contributed by atoms with E-state index in [-0.39, 0.29) is 185 Å². The van der Waals surface area contributed by atoms with Crippen molar-refractivity contribution in [2.24, 2.45) is 41.4 Å². The summed E-state index contributed by atoms with van der Waals surface area (Å²) in [5.41, 5.74) is 0.431. The molecule has 0 saturated carbocycles. The van der Waals surface area contributed by atoms with Crippen molar-refractivity contribution < 1.29 is 116 Å². The number of ketones is 4. The minimum Gasteiger partial charge on any atom is -0.396 e. The molecule has 0 aromatic carbocycles. The molecule has 10 saturated heterocycles. The minimum atomic E-state index is -0.852. The predicted octanol–water partition coefficient (Wildman–Crippen LogP) is 2.83. The van der Waals surface area contributed by atoms with E-state index in [9.17, 15) is 101 Å². The van der Waals surface area contributed by atoms with Gasteiger partial charge in [0.2, 0.25) is 57.2 Å². The molecule has 0 bridgehead atoms. The molecule has 7 unspecified atom stereocenters. The van der Waals surface area contributed by atoms with Crippen LogP contribution in [0.4, 0.5) is 0 Å². The van der Waals surface area contributed by atoms with Gasteiger partial charge in [-0.15, -0.1) is 0 Å². The topological polar surface area (TPSA) is 483 Å². The molecule has 10 aliphatic rings. The normalized spacial score (nSPS) is 22.0. The standard InChI is InChI=1S/3C9H15NO2S.2C8H13NO3S.C7H11NO3S.C5H4O2S.C4H2O3S.2C4H4O2S/c1-6(2)4-10-9(12)7-3-8(11)13-5-7;1-3-6(2)10-9(12)7-4-8(11)13-5-7;1-2-3-4-10-9(12)7-5-8(11)13-6-7;1-9(2-3-10)8(12)6-4-7(11)13-5-6;10-3-1-2-9-8(12)6-4-7(11)13-5-6;9-2-1-8-7(11)5-3-6(10)12-4-5;1-3-2-4(6)8-5(3)7;5-2-1-8-4(7)3(2)6;5-3-1-4(6)7-2-3;5-3-1-2-7-4(3)6/h2*6-7H,3-5H2,1-2H3,(H,10,12);7H,2-6H2,1H3,(H,10,12);6,10H,2-5H2,1H3;6,10H,1-5H2,(H,9,12);5,9H,1-4H2,(H,8,11);1-2H2;1H2;2*1-2H2. The number of aliphatic hydroxyl groups excluding tert-OH is 3. The Morgan fingerprint density at radius 1 is 0.458 bits per heavy atom. The van der Waals surface area contributed by atoms with Crippen molar-refractivity contribution in [2.75, 3.05) is 111 Å². The third-order valence-electron chi connectivity index (χ3n) is 14.9. The maximum atomic E-state index is 11.5. The summed E-state index contributed by atoms with van der Waals surface area (Å²) < 4.78 is 0. The second-order valence-corrected chi connectivity index (χ2v) is 35.1. The first-order valence-corrected chi connectivity index (χ1v) is 43.7. The van der Waals surface area contributed by atoms with Gasteiger partial charge in [0, 0.05) is 150 Å². The minimum absolute atomic E-state index is 0.0185. The van der Waals surface area contributed by atoms with Crippen LogP contribution in [0.3, 0.4) is 0 Å². The molecule has 10 rings (SSSR count). The third-order valence-corrected chi connectivity index (χ3v) is 24.8. The summed E-state index contributed by atoms with van der Waals surface area (Å²) in [6, 6.07) is 0.216. The number of nitrogens with one attached hydrogen (secondary N) is 5. The van der Waals surface area contributed by atoms with E-state index in [4.69, 9.17) is 15.3 Å². The molecule has 40 heteroatoms. The number of hydrogen-bond donors (Lipinski definition) is 8. The van der Waals surface area contributed by atoms with Gasteiger partial charge in [-0.1, -0.05) is 147 Å². The first kappa shape index (κ1) is 100.0. The van der Waals surface area contributed by atoms with Crippen LogP contribution >= 0.6 is 118 Å². The van der Waals surface area contributed by atoms with Crippen molar-refractivity contribution in [3.05, 3.63) is 12.2 Å². The summed E-state index contributed by atoms with van der Waals surface area (Å²) in [5.74, 6) is 2.90. The largest absolute Gasteiger partial charge is 0.396 e. The first-order valence-electron chi connectivity index (χ1n) is 34.1. The number of hydrogen-bond acceptors (Lipinski definition) is 34. The maximum absolute atomic E-state index is 11.5. The highest BCUT2D eigenvalue weighted by molar-refractivity contribution is 8.27. The molecule has 30 nitrogen and oxygen atoms in total. The Kier molecular flexibility index (Phi) is 53.4. The Bertz CT molecular complexity index is 3080. The van der Waals surface area contributed by atoms with Gasteiger partial charge in [-0.25, -0.2) is 0 Å². The van der Waals surface area contributed by atoms with Crippen molar-refractivity contribution in [1.29, 1.82) is 0 Å². The van der Waals surface area contributed by atoms with Crippen molar-refractivity contribution in [3.63, 3.8) is 0 Å². The molecule has 107 heavy (non-hydrogen) atoms. The summed E-state index contributed by atoms with van der Waals surface area (Å²) in [6.07, 6.45) is 6.72. The molecular formula is C67H96N6O24S10. The number of amides is 6. The molecule has 6 amide bonds. The van der Waals surface area contributed by atoms with E-state index in [0.29, 0.717) is 129 Å². The Morgan fingerprint density at radius 2 is 0.888 bits per heavy atom. The van der Waals surface area contributed by atoms with Crippen LogP contribution in [0.5, 0.6) is 0 Å². The number of nitrogens with zero attached hydrogens (tertiary/aromatic N) is 1. The number of carbonyl (C=O) groups is 21. The summed E-state index contributed by atoms with van der Waals surface area (Å²) in [7, 11) is 1.64. The molecule has 0 aliphatic carbocycles. The van der Waals surface area contributed by atoms with Crippen LogP contribution in [-0.2, 0) is 101 Å². The smallest absolute Gasteiger partial charge is 0.276 e. The van der Waals surface area contributed by atoms with Crippen molar-refractivity contribution >= 4 is 232 Å². The lowest BCUT2D eigenvalue weighted by atomic mass is 10.1. The Hall–Kier alpha value is -5.01. The SMILES string of the molecule is C=C1CC(=O)SC1=O.CC(C)CNC(=O)C1CSC(=O)C1.CCC(C)NC(=O)C1CSC(=O)C1.CCCCNC(=O)C1CSC(=O)C1.CN(CCO)C(=O)C1CSC(=O)C1.O=C1CC(C(=O)NCCCO)CS1.O=C1CC(C(=O)NCCO)CS1.O=C1CCSC1=O.O=C1CSC(=O)C1.O=C1CSC(=O)C1=O. The number of Topliss-reactive ketones (excluding diaryl/α,β-unsaturated/α-hetero) is 4. The van der Waals surface area contributed by atoms with Crippen LogP contribution in [0.1, 0.15) is 118 Å². The van der Waals surface area contributed by atoms with Crippen molar-refractivity contribution in [2.45, 2.75) is 124 Å². The summed E-state index contributed by atoms with van der Waals surface area (Å²) in [5, 5.41) is 38.9. The summed E-state index contributed by atoms with van der Waals surface area (Å²) in [4.78, 5) is 227. The van der Waals surface area contributed by atoms with E-state index in [1.54, 1.807) is 7.05 Å². The lowest BCUT2D eigenvalue weighted by molar-refractivity contribution is -0.139. The second kappa shape index (κ2) is 57.1. The zero-order valence-electron chi connectivity index (χ0n) is 60.5. The Labute approximate surface area is 664 Å². The molecule has 8 N–H and O–H groups in total. The van der Waals surface area contributed by atoms with Crippen molar-refractivity contribution in [1.82, 2.24) is 31.5 Å². The fourth-order valence-corrected chi connectivity index (χ4v) is 17.1. The molecule has 0 aromatic heterocycles. The van der Waals surface area contributed by atoms with Gasteiger partial charge in [0.15, 0.2) is 41.6 Å². The molecule has 598 valence electrons. The average molecular weight is 1690 g/mol. The number of unbranched alkanes of at least 4 members (excludes halogenated alkanes) is 1. The van der Waals surface area contributed by atoms with Gasteiger partial charge in [0.1, 0.15) is 0 Å². The maximum Gasteiger partial charge on any atom is 0.276 e. The second-order valence-electron chi connectivity index (χ2n) is 24.5. The fraction of sp³-hybridized carbons (Fsp3) is 0.657. The fourth-order valence-electron chi connectivity index (χ4n) is 8.53. The monoisotopic (exact) mass is 1690 g/mol. The van der Waals surface area contributed by atoms with Crippen LogP contribution in [0, 0.1) is 41.4 Å². The highest BCUT2D eigenvalue weighted by Crippen LogP contribution is 2.30. The van der Waals surface area contributed by atoms with Crippen molar-refractivity contribution in [3.8, 4) is 0 Å². The molecule has 0 aromatic rings. The molecule has 7 atom stereocenters. The molecule has 10 fully saturated rings. The number of likely N-dealkylation sites (N-methyl/N-ethyl adjacent to an activating group) is 1.